The minimum absolute atomic E-state index is 0.225. The first-order chi connectivity index (χ1) is 14.4. The zero-order chi connectivity index (χ0) is 21.2. The van der Waals surface area contributed by atoms with E-state index in [0.717, 1.165) is 43.2 Å². The van der Waals surface area contributed by atoms with E-state index in [2.05, 4.69) is 17.0 Å². The Morgan fingerprint density at radius 3 is 2.37 bits per heavy atom. The highest BCUT2D eigenvalue weighted by Gasteiger charge is 2.41. The molecule has 2 aromatic rings. The number of nitrogens with zero attached hydrogens (tertiary/aromatic N) is 2. The fourth-order valence-electron chi connectivity index (χ4n) is 5.08. The molecule has 1 saturated carbocycles. The Balaban J connectivity index is 1.46. The monoisotopic (exact) mass is 446 g/mol. The minimum Gasteiger partial charge on any atom is -0.302 e. The van der Waals surface area contributed by atoms with Gasteiger partial charge in [-0.2, -0.15) is 0 Å². The van der Waals surface area contributed by atoms with Crippen molar-refractivity contribution in [2.24, 2.45) is 5.92 Å². The molecular weight excluding hydrogens is 416 g/mol. The van der Waals surface area contributed by atoms with Crippen molar-refractivity contribution in [3.8, 4) is 0 Å². The van der Waals surface area contributed by atoms with Gasteiger partial charge >= 0.3 is 0 Å². The summed E-state index contributed by atoms with van der Waals surface area (Å²) in [7, 11) is -3.31. The molecule has 1 saturated heterocycles. The zero-order valence-corrected chi connectivity index (χ0v) is 19.2. The maximum absolute atomic E-state index is 12.5. The average molecular weight is 447 g/mol. The van der Waals surface area contributed by atoms with Crippen LogP contribution in [-0.2, 0) is 15.4 Å². The first-order valence-corrected chi connectivity index (χ1v) is 13.1. The molecule has 2 fully saturated rings. The summed E-state index contributed by atoms with van der Waals surface area (Å²) >= 11 is 6.11. The third kappa shape index (κ3) is 4.84. The SMILES string of the molecule is CS(=O)(=O)N(CC1CCCN(CC2(c3ccc(Cl)cc3)CCC2)C1)c1ccccc1. The average Bonchev–Trinajstić information content (AvgIpc) is 2.70. The van der Waals surface area contributed by atoms with Gasteiger partial charge in [-0.25, -0.2) is 8.42 Å². The van der Waals surface area contributed by atoms with Gasteiger partial charge in [-0.05, 0) is 68.0 Å². The van der Waals surface area contributed by atoms with E-state index in [1.165, 1.54) is 31.1 Å². The van der Waals surface area contributed by atoms with Gasteiger partial charge in [0.05, 0.1) is 11.9 Å². The van der Waals surface area contributed by atoms with Crippen LogP contribution in [0, 0.1) is 5.92 Å². The number of rotatable bonds is 7. The maximum Gasteiger partial charge on any atom is 0.232 e. The molecule has 0 spiro atoms. The van der Waals surface area contributed by atoms with Gasteiger partial charge in [0.25, 0.3) is 0 Å². The van der Waals surface area contributed by atoms with E-state index in [1.807, 2.05) is 42.5 Å². The molecule has 162 valence electrons. The summed E-state index contributed by atoms with van der Waals surface area (Å²) in [6, 6.07) is 17.8. The fourth-order valence-corrected chi connectivity index (χ4v) is 6.19. The topological polar surface area (TPSA) is 40.6 Å². The molecule has 0 N–H and O–H groups in total. The van der Waals surface area contributed by atoms with E-state index in [0.29, 0.717) is 12.5 Å². The lowest BCUT2D eigenvalue weighted by Crippen LogP contribution is -2.50. The van der Waals surface area contributed by atoms with Crippen LogP contribution in [0.1, 0.15) is 37.7 Å². The molecule has 1 heterocycles. The van der Waals surface area contributed by atoms with Crippen LogP contribution >= 0.6 is 11.6 Å². The highest BCUT2D eigenvalue weighted by molar-refractivity contribution is 7.92. The summed E-state index contributed by atoms with van der Waals surface area (Å²) in [5.74, 6) is 0.344. The molecule has 2 aliphatic rings. The van der Waals surface area contributed by atoms with Crippen LogP contribution in [0.4, 0.5) is 5.69 Å². The Morgan fingerprint density at radius 1 is 1.07 bits per heavy atom. The third-order valence-corrected chi connectivity index (χ3v) is 8.18. The molecule has 1 aliphatic heterocycles. The van der Waals surface area contributed by atoms with Gasteiger partial charge in [0, 0.05) is 30.1 Å². The number of hydrogen-bond acceptors (Lipinski definition) is 3. The number of sulfonamides is 1. The van der Waals surface area contributed by atoms with Crippen molar-refractivity contribution in [1.29, 1.82) is 0 Å². The summed E-state index contributed by atoms with van der Waals surface area (Å²) in [5.41, 5.74) is 2.37. The Hall–Kier alpha value is -1.56. The molecule has 2 aromatic carbocycles. The summed E-state index contributed by atoms with van der Waals surface area (Å²) in [6.07, 6.45) is 7.21. The summed E-state index contributed by atoms with van der Waals surface area (Å²) in [5, 5.41) is 0.785. The molecule has 4 nitrogen and oxygen atoms in total. The first-order valence-electron chi connectivity index (χ1n) is 10.9. The van der Waals surface area contributed by atoms with Crippen molar-refractivity contribution in [1.82, 2.24) is 4.90 Å². The number of piperidine rings is 1. The predicted octanol–water partition coefficient (Wildman–Crippen LogP) is 4.94. The highest BCUT2D eigenvalue weighted by atomic mass is 35.5. The van der Waals surface area contributed by atoms with E-state index in [9.17, 15) is 8.42 Å². The van der Waals surface area contributed by atoms with Crippen molar-refractivity contribution in [2.45, 2.75) is 37.5 Å². The number of halogens is 1. The van der Waals surface area contributed by atoms with E-state index in [4.69, 9.17) is 11.6 Å². The molecule has 0 aromatic heterocycles. The van der Waals surface area contributed by atoms with Crippen LogP contribution in [0.5, 0.6) is 0 Å². The van der Waals surface area contributed by atoms with Gasteiger partial charge in [-0.15, -0.1) is 0 Å². The van der Waals surface area contributed by atoms with Crippen molar-refractivity contribution in [3.63, 3.8) is 0 Å². The third-order valence-electron chi connectivity index (χ3n) is 6.77. The van der Waals surface area contributed by atoms with Crippen molar-refractivity contribution < 1.29 is 8.42 Å². The normalized spacial score (nSPS) is 21.7. The Kier molecular flexibility index (Phi) is 6.42. The van der Waals surface area contributed by atoms with E-state index < -0.39 is 10.0 Å². The second kappa shape index (κ2) is 8.89. The second-order valence-corrected chi connectivity index (χ2v) is 11.4. The molecule has 0 amide bonds. The van der Waals surface area contributed by atoms with Gasteiger partial charge in [0.2, 0.25) is 10.0 Å². The number of para-hydroxylation sites is 1. The molecule has 1 atom stereocenters. The molecule has 0 radical (unpaired) electrons. The number of anilines is 1. The molecule has 1 aliphatic carbocycles. The smallest absolute Gasteiger partial charge is 0.232 e. The van der Waals surface area contributed by atoms with Crippen LogP contribution in [0.3, 0.4) is 0 Å². The van der Waals surface area contributed by atoms with Gasteiger partial charge in [-0.1, -0.05) is 48.4 Å². The van der Waals surface area contributed by atoms with Crippen molar-refractivity contribution in [2.75, 3.05) is 36.7 Å². The van der Waals surface area contributed by atoms with Gasteiger partial charge in [-0.3, -0.25) is 4.31 Å². The van der Waals surface area contributed by atoms with E-state index in [-0.39, 0.29) is 5.41 Å². The van der Waals surface area contributed by atoms with Crippen LogP contribution in [0.25, 0.3) is 0 Å². The van der Waals surface area contributed by atoms with Crippen molar-refractivity contribution in [3.05, 3.63) is 65.2 Å². The van der Waals surface area contributed by atoms with Crippen LogP contribution in [-0.4, -0.2) is 45.8 Å². The van der Waals surface area contributed by atoms with Gasteiger partial charge in [0.15, 0.2) is 0 Å². The van der Waals surface area contributed by atoms with Crippen LogP contribution in [0.2, 0.25) is 5.02 Å². The Bertz CT molecular complexity index is 943. The molecule has 1 unspecified atom stereocenters. The highest BCUT2D eigenvalue weighted by Crippen LogP contribution is 2.45. The predicted molar refractivity (Wildman–Crippen MR) is 125 cm³/mol. The maximum atomic E-state index is 12.5. The summed E-state index contributed by atoms with van der Waals surface area (Å²) in [4.78, 5) is 2.56. The van der Waals surface area contributed by atoms with Gasteiger partial charge in [0.1, 0.15) is 0 Å². The Labute approximate surface area is 185 Å². The first kappa shape index (κ1) is 21.7. The summed E-state index contributed by atoms with van der Waals surface area (Å²) in [6.45, 7) is 3.65. The number of hydrogen-bond donors (Lipinski definition) is 0. The standard InChI is InChI=1S/C24H31ClN2O2S/c1-30(28,29)27(23-8-3-2-4-9-23)18-20-7-5-16-26(17-20)19-24(14-6-15-24)21-10-12-22(25)13-11-21/h2-4,8-13,20H,5-7,14-19H2,1H3. The number of likely N-dealkylation sites (tertiary alicyclic amines) is 1. The van der Waals surface area contributed by atoms with Crippen LogP contribution < -0.4 is 4.31 Å². The van der Waals surface area contributed by atoms with E-state index in [1.54, 1.807) is 4.31 Å². The molecule has 4 rings (SSSR count). The lowest BCUT2D eigenvalue weighted by Gasteiger charge is -2.47. The lowest BCUT2D eigenvalue weighted by molar-refractivity contribution is 0.101. The molecule has 0 bridgehead atoms. The lowest BCUT2D eigenvalue weighted by atomic mass is 9.64. The van der Waals surface area contributed by atoms with Crippen LogP contribution in [0.15, 0.2) is 54.6 Å². The Morgan fingerprint density at radius 2 is 1.77 bits per heavy atom. The fraction of sp³-hybridized carbons (Fsp3) is 0.500. The minimum atomic E-state index is -3.31. The molecular formula is C24H31ClN2O2S. The number of benzene rings is 2. The molecule has 6 heteroatoms. The summed E-state index contributed by atoms with van der Waals surface area (Å²) < 4.78 is 26.6. The van der Waals surface area contributed by atoms with Crippen molar-refractivity contribution >= 4 is 27.3 Å². The quantitative estimate of drug-likeness (QED) is 0.604. The van der Waals surface area contributed by atoms with Gasteiger partial charge < -0.3 is 4.90 Å². The second-order valence-electron chi connectivity index (χ2n) is 9.01. The largest absolute Gasteiger partial charge is 0.302 e. The zero-order valence-electron chi connectivity index (χ0n) is 17.6. The molecule has 30 heavy (non-hydrogen) atoms. The van der Waals surface area contributed by atoms with E-state index >= 15 is 0 Å².